The quantitative estimate of drug-likeness (QED) is 0.782. The molecule has 19 heavy (non-hydrogen) atoms. The summed E-state index contributed by atoms with van der Waals surface area (Å²) in [6.07, 6.45) is 4.12. The summed E-state index contributed by atoms with van der Waals surface area (Å²) in [5.41, 5.74) is 2.72. The van der Waals surface area contributed by atoms with E-state index in [1.807, 2.05) is 18.7 Å². The molecular formula is C14H15N3O2. The maximum Gasteiger partial charge on any atom is 0.257 e. The Morgan fingerprint density at radius 1 is 1.42 bits per heavy atom. The van der Waals surface area contributed by atoms with Crippen molar-refractivity contribution in [3.8, 4) is 0 Å². The molecule has 0 radical (unpaired) electrons. The van der Waals surface area contributed by atoms with Crippen LogP contribution in [0.5, 0.6) is 0 Å². The second kappa shape index (κ2) is 4.50. The molecule has 0 atom stereocenters. The molecule has 0 saturated heterocycles. The number of rotatable bonds is 1. The van der Waals surface area contributed by atoms with Crippen molar-refractivity contribution in [2.75, 3.05) is 6.54 Å². The van der Waals surface area contributed by atoms with Gasteiger partial charge in [0.05, 0.1) is 11.3 Å². The standard InChI is InChI=1S/C14H15N3O2/c1-9-5-12(10(2)19-9)14(18)17-4-3-13-11(7-17)6-15-8-16-13/h5-6,8H,3-4,7H2,1-2H3. The third-order valence-electron chi connectivity index (χ3n) is 3.42. The monoisotopic (exact) mass is 257 g/mol. The Bertz CT molecular complexity index is 633. The molecule has 0 aliphatic carbocycles. The average molecular weight is 257 g/mol. The van der Waals surface area contributed by atoms with Crippen LogP contribution in [0.25, 0.3) is 0 Å². The van der Waals surface area contributed by atoms with Crippen molar-refractivity contribution in [3.05, 3.63) is 46.9 Å². The Morgan fingerprint density at radius 3 is 3.00 bits per heavy atom. The molecule has 2 aromatic heterocycles. The molecule has 5 nitrogen and oxygen atoms in total. The minimum Gasteiger partial charge on any atom is -0.466 e. The molecule has 3 rings (SSSR count). The zero-order chi connectivity index (χ0) is 13.4. The number of hydrogen-bond donors (Lipinski definition) is 0. The van der Waals surface area contributed by atoms with Crippen LogP contribution in [-0.2, 0) is 13.0 Å². The first kappa shape index (κ1) is 11.9. The molecule has 5 heteroatoms. The Labute approximate surface area is 111 Å². The smallest absolute Gasteiger partial charge is 0.257 e. The first-order valence-electron chi connectivity index (χ1n) is 6.29. The van der Waals surface area contributed by atoms with E-state index in [0.717, 1.165) is 23.4 Å². The van der Waals surface area contributed by atoms with Gasteiger partial charge in [-0.25, -0.2) is 9.97 Å². The summed E-state index contributed by atoms with van der Waals surface area (Å²) >= 11 is 0. The third kappa shape index (κ3) is 2.12. The Hall–Kier alpha value is -2.17. The van der Waals surface area contributed by atoms with Crippen LogP contribution >= 0.6 is 0 Å². The van der Waals surface area contributed by atoms with Gasteiger partial charge in [-0.05, 0) is 19.9 Å². The summed E-state index contributed by atoms with van der Waals surface area (Å²) in [5.74, 6) is 1.46. The molecule has 98 valence electrons. The van der Waals surface area contributed by atoms with Gasteiger partial charge in [-0.15, -0.1) is 0 Å². The maximum absolute atomic E-state index is 12.5. The van der Waals surface area contributed by atoms with Crippen LogP contribution in [0.1, 0.15) is 33.1 Å². The van der Waals surface area contributed by atoms with Gasteiger partial charge >= 0.3 is 0 Å². The number of carbonyl (C=O) groups excluding carboxylic acids is 1. The van der Waals surface area contributed by atoms with E-state index in [9.17, 15) is 4.79 Å². The van der Waals surface area contributed by atoms with Crippen molar-refractivity contribution >= 4 is 5.91 Å². The van der Waals surface area contributed by atoms with E-state index < -0.39 is 0 Å². The fourth-order valence-electron chi connectivity index (χ4n) is 2.45. The van der Waals surface area contributed by atoms with Crippen molar-refractivity contribution in [2.45, 2.75) is 26.8 Å². The number of furan rings is 1. The van der Waals surface area contributed by atoms with E-state index in [1.165, 1.54) is 0 Å². The molecular weight excluding hydrogens is 242 g/mol. The highest BCUT2D eigenvalue weighted by molar-refractivity contribution is 5.95. The van der Waals surface area contributed by atoms with Gasteiger partial charge < -0.3 is 9.32 Å². The van der Waals surface area contributed by atoms with Crippen molar-refractivity contribution in [3.63, 3.8) is 0 Å². The van der Waals surface area contributed by atoms with Crippen LogP contribution in [0.4, 0.5) is 0 Å². The fourth-order valence-corrected chi connectivity index (χ4v) is 2.45. The highest BCUT2D eigenvalue weighted by atomic mass is 16.3. The summed E-state index contributed by atoms with van der Waals surface area (Å²) in [6.45, 7) is 4.93. The number of amides is 1. The number of carbonyl (C=O) groups is 1. The van der Waals surface area contributed by atoms with E-state index in [4.69, 9.17) is 4.42 Å². The van der Waals surface area contributed by atoms with Crippen molar-refractivity contribution in [1.82, 2.24) is 14.9 Å². The molecule has 1 aliphatic heterocycles. The molecule has 0 aromatic carbocycles. The van der Waals surface area contributed by atoms with E-state index in [-0.39, 0.29) is 5.91 Å². The SMILES string of the molecule is Cc1cc(C(=O)N2CCc3ncncc3C2)c(C)o1. The van der Waals surface area contributed by atoms with Crippen LogP contribution < -0.4 is 0 Å². The number of hydrogen-bond acceptors (Lipinski definition) is 4. The van der Waals surface area contributed by atoms with E-state index in [0.29, 0.717) is 24.4 Å². The fraction of sp³-hybridized carbons (Fsp3) is 0.357. The first-order chi connectivity index (χ1) is 9.15. The zero-order valence-electron chi connectivity index (χ0n) is 11.0. The van der Waals surface area contributed by atoms with Gasteiger partial charge in [0.2, 0.25) is 0 Å². The number of aromatic nitrogens is 2. The van der Waals surface area contributed by atoms with Gasteiger partial charge in [0, 0.05) is 31.3 Å². The van der Waals surface area contributed by atoms with Crippen molar-refractivity contribution in [2.24, 2.45) is 0 Å². The third-order valence-corrected chi connectivity index (χ3v) is 3.42. The molecule has 0 saturated carbocycles. The minimum absolute atomic E-state index is 0.0175. The lowest BCUT2D eigenvalue weighted by atomic mass is 10.1. The van der Waals surface area contributed by atoms with Crippen molar-refractivity contribution in [1.29, 1.82) is 0 Å². The molecule has 1 amide bonds. The van der Waals surface area contributed by atoms with Gasteiger partial charge in [-0.2, -0.15) is 0 Å². The van der Waals surface area contributed by atoms with Crippen molar-refractivity contribution < 1.29 is 9.21 Å². The van der Waals surface area contributed by atoms with E-state index in [2.05, 4.69) is 9.97 Å². The molecule has 0 fully saturated rings. The van der Waals surface area contributed by atoms with Crippen LogP contribution in [0.2, 0.25) is 0 Å². The summed E-state index contributed by atoms with van der Waals surface area (Å²) in [6, 6.07) is 1.80. The van der Waals surface area contributed by atoms with Crippen LogP contribution in [0.15, 0.2) is 23.0 Å². The summed E-state index contributed by atoms with van der Waals surface area (Å²) < 4.78 is 5.42. The minimum atomic E-state index is 0.0175. The molecule has 3 heterocycles. The van der Waals surface area contributed by atoms with Gasteiger partial charge in [0.25, 0.3) is 5.91 Å². The summed E-state index contributed by atoms with van der Waals surface area (Å²) in [7, 11) is 0. The second-order valence-electron chi connectivity index (χ2n) is 4.80. The van der Waals surface area contributed by atoms with Crippen LogP contribution in [0, 0.1) is 13.8 Å². The molecule has 0 N–H and O–H groups in total. The van der Waals surface area contributed by atoms with E-state index >= 15 is 0 Å². The molecule has 0 unspecified atom stereocenters. The lowest BCUT2D eigenvalue weighted by Crippen LogP contribution is -2.36. The predicted molar refractivity (Wildman–Crippen MR) is 68.7 cm³/mol. The maximum atomic E-state index is 12.5. The Morgan fingerprint density at radius 2 is 2.26 bits per heavy atom. The predicted octanol–water partition coefficient (Wildman–Crippen LogP) is 1.88. The number of aryl methyl sites for hydroxylation is 2. The average Bonchev–Trinajstić information content (AvgIpc) is 2.76. The summed E-state index contributed by atoms with van der Waals surface area (Å²) in [4.78, 5) is 22.5. The lowest BCUT2D eigenvalue weighted by Gasteiger charge is -2.27. The number of nitrogens with zero attached hydrogens (tertiary/aromatic N) is 3. The topological polar surface area (TPSA) is 59.2 Å². The highest BCUT2D eigenvalue weighted by Crippen LogP contribution is 2.21. The highest BCUT2D eigenvalue weighted by Gasteiger charge is 2.25. The second-order valence-corrected chi connectivity index (χ2v) is 4.80. The zero-order valence-corrected chi connectivity index (χ0v) is 11.0. The Kier molecular flexibility index (Phi) is 2.81. The lowest BCUT2D eigenvalue weighted by molar-refractivity contribution is 0.0731. The van der Waals surface area contributed by atoms with Crippen LogP contribution in [0.3, 0.4) is 0 Å². The molecule has 0 bridgehead atoms. The van der Waals surface area contributed by atoms with Gasteiger partial charge in [-0.1, -0.05) is 0 Å². The van der Waals surface area contributed by atoms with Gasteiger partial charge in [0.15, 0.2) is 0 Å². The van der Waals surface area contributed by atoms with Gasteiger partial charge in [0.1, 0.15) is 17.8 Å². The summed E-state index contributed by atoms with van der Waals surface area (Å²) in [5, 5.41) is 0. The Balaban J connectivity index is 1.85. The first-order valence-corrected chi connectivity index (χ1v) is 6.29. The molecule has 1 aliphatic rings. The van der Waals surface area contributed by atoms with E-state index in [1.54, 1.807) is 18.6 Å². The molecule has 0 spiro atoms. The van der Waals surface area contributed by atoms with Gasteiger partial charge in [-0.3, -0.25) is 4.79 Å². The number of fused-ring (bicyclic) bond motifs is 1. The largest absolute Gasteiger partial charge is 0.466 e. The molecule has 2 aromatic rings. The normalized spacial score (nSPS) is 14.3. The van der Waals surface area contributed by atoms with Crippen LogP contribution in [-0.4, -0.2) is 27.3 Å².